The molecule has 5 nitrogen and oxygen atoms in total. The molecule has 1 fully saturated rings. The molecule has 0 radical (unpaired) electrons. The average molecular weight is 371 g/mol. The molecule has 1 aliphatic rings. The molecule has 1 aliphatic heterocycles. The summed E-state index contributed by atoms with van der Waals surface area (Å²) in [6.07, 6.45) is -8.53. The van der Waals surface area contributed by atoms with Crippen LogP contribution in [0, 0.1) is 16.0 Å². The number of nitrogens with zero attached hydrogens (tertiary/aromatic N) is 2. The number of likely N-dealkylation sites (tertiary alicyclic amines) is 1. The van der Waals surface area contributed by atoms with Crippen molar-refractivity contribution in [1.82, 2.24) is 4.90 Å². The topological polar surface area (TPSA) is 58.4 Å². The van der Waals surface area contributed by atoms with Gasteiger partial charge in [0.05, 0.1) is 17.0 Å². The average Bonchev–Trinajstić information content (AvgIpc) is 2.89. The van der Waals surface area contributed by atoms with Gasteiger partial charge < -0.3 is 5.32 Å². The number of hydrogen-bond donors (Lipinski definition) is 1. The highest BCUT2D eigenvalue weighted by molar-refractivity contribution is 5.63. The van der Waals surface area contributed by atoms with Crippen molar-refractivity contribution >= 4 is 11.4 Å². The molecule has 11 heteroatoms. The fourth-order valence-electron chi connectivity index (χ4n) is 2.74. The second kappa shape index (κ2) is 7.06. The first-order chi connectivity index (χ1) is 11.5. The minimum Gasteiger partial charge on any atom is -0.379 e. The van der Waals surface area contributed by atoms with Gasteiger partial charge in [-0.1, -0.05) is 0 Å². The van der Waals surface area contributed by atoms with Gasteiger partial charge in [-0.3, -0.25) is 15.0 Å². The van der Waals surface area contributed by atoms with Crippen LogP contribution in [0.5, 0.6) is 0 Å². The normalized spacial score (nSPS) is 19.2. The summed E-state index contributed by atoms with van der Waals surface area (Å²) in [5.74, 6) is -0.177. The Balaban J connectivity index is 2.00. The lowest BCUT2D eigenvalue weighted by molar-refractivity contribution is -0.384. The van der Waals surface area contributed by atoms with Crippen molar-refractivity contribution < 1.29 is 31.3 Å². The fraction of sp³-hybridized carbons (Fsp3) is 0.571. The maximum absolute atomic E-state index is 12.6. The van der Waals surface area contributed by atoms with Gasteiger partial charge in [-0.25, -0.2) is 0 Å². The van der Waals surface area contributed by atoms with Crippen LogP contribution in [0.25, 0.3) is 0 Å². The van der Waals surface area contributed by atoms with E-state index in [4.69, 9.17) is 0 Å². The van der Waals surface area contributed by atoms with Gasteiger partial charge in [0.25, 0.3) is 5.69 Å². The second-order valence-electron chi connectivity index (χ2n) is 5.87. The maximum Gasteiger partial charge on any atom is 0.416 e. The van der Waals surface area contributed by atoms with E-state index in [2.05, 4.69) is 5.32 Å². The molecular formula is C14H15F6N3O2. The number of halogens is 6. The van der Waals surface area contributed by atoms with Crippen LogP contribution in [0.2, 0.25) is 0 Å². The molecule has 0 aromatic heterocycles. The van der Waals surface area contributed by atoms with E-state index in [0.29, 0.717) is 12.5 Å². The maximum atomic E-state index is 12.6. The second-order valence-corrected chi connectivity index (χ2v) is 5.87. The Bertz CT molecular complexity index is 632. The minimum absolute atomic E-state index is 0.0905. The van der Waals surface area contributed by atoms with Crippen molar-refractivity contribution in [3.8, 4) is 0 Å². The summed E-state index contributed by atoms with van der Waals surface area (Å²) in [6.45, 7) is -0.466. The molecule has 140 valence electrons. The van der Waals surface area contributed by atoms with E-state index in [0.717, 1.165) is 12.1 Å². The molecule has 1 unspecified atom stereocenters. The number of anilines is 1. The molecule has 1 aromatic carbocycles. The predicted octanol–water partition coefficient (Wildman–Crippen LogP) is 3.91. The number of alkyl halides is 6. The Labute approximate surface area is 138 Å². The Kier molecular flexibility index (Phi) is 5.45. The standard InChI is InChI=1S/C14H15F6N3O2/c15-13(16,17)8-22-4-3-9(7-22)6-21-11-2-1-10(14(18,19)20)5-12(11)23(24)25/h1-2,5,9,21H,3-4,6-8H2. The summed E-state index contributed by atoms with van der Waals surface area (Å²) in [6, 6.07) is 2.12. The van der Waals surface area contributed by atoms with Crippen LogP contribution in [0.15, 0.2) is 18.2 Å². The molecule has 1 aromatic rings. The lowest BCUT2D eigenvalue weighted by Gasteiger charge is -2.18. The Hall–Kier alpha value is -2.04. The highest BCUT2D eigenvalue weighted by atomic mass is 19.4. The van der Waals surface area contributed by atoms with Gasteiger partial charge in [-0.15, -0.1) is 0 Å². The Morgan fingerprint density at radius 3 is 2.48 bits per heavy atom. The van der Waals surface area contributed by atoms with Gasteiger partial charge in [-0.2, -0.15) is 26.3 Å². The molecule has 1 heterocycles. The largest absolute Gasteiger partial charge is 0.416 e. The Morgan fingerprint density at radius 2 is 1.92 bits per heavy atom. The summed E-state index contributed by atoms with van der Waals surface area (Å²) < 4.78 is 74.9. The highest BCUT2D eigenvalue weighted by Gasteiger charge is 2.35. The molecule has 0 saturated carbocycles. The van der Waals surface area contributed by atoms with Crippen molar-refractivity contribution in [3.63, 3.8) is 0 Å². The van der Waals surface area contributed by atoms with Crippen LogP contribution in [0.4, 0.5) is 37.7 Å². The van der Waals surface area contributed by atoms with E-state index in [-0.39, 0.29) is 31.2 Å². The Morgan fingerprint density at radius 1 is 1.24 bits per heavy atom. The first-order valence-corrected chi connectivity index (χ1v) is 7.34. The van der Waals surface area contributed by atoms with Gasteiger partial charge in [0, 0.05) is 19.2 Å². The van der Waals surface area contributed by atoms with Crippen molar-refractivity contribution in [2.75, 3.05) is 31.5 Å². The minimum atomic E-state index is -4.70. The first-order valence-electron chi connectivity index (χ1n) is 7.34. The van der Waals surface area contributed by atoms with Gasteiger partial charge >= 0.3 is 12.4 Å². The van der Waals surface area contributed by atoms with Crippen molar-refractivity contribution in [2.45, 2.75) is 18.8 Å². The number of nitro groups is 1. The summed E-state index contributed by atoms with van der Waals surface area (Å²) >= 11 is 0. The molecule has 25 heavy (non-hydrogen) atoms. The van der Waals surface area contributed by atoms with E-state index < -0.39 is 35.1 Å². The van der Waals surface area contributed by atoms with Crippen LogP contribution < -0.4 is 5.32 Å². The van der Waals surface area contributed by atoms with Crippen LogP contribution in [-0.2, 0) is 6.18 Å². The summed E-state index contributed by atoms with van der Waals surface area (Å²) in [5, 5.41) is 13.7. The van der Waals surface area contributed by atoms with E-state index in [1.807, 2.05) is 0 Å². The summed E-state index contributed by atoms with van der Waals surface area (Å²) in [7, 11) is 0. The molecular weight excluding hydrogens is 356 g/mol. The third-order valence-electron chi connectivity index (χ3n) is 3.88. The van der Waals surface area contributed by atoms with Crippen LogP contribution >= 0.6 is 0 Å². The van der Waals surface area contributed by atoms with Gasteiger partial charge in [0.1, 0.15) is 5.69 Å². The number of benzene rings is 1. The smallest absolute Gasteiger partial charge is 0.379 e. The monoisotopic (exact) mass is 371 g/mol. The van der Waals surface area contributed by atoms with Gasteiger partial charge in [-0.05, 0) is 31.0 Å². The SMILES string of the molecule is O=[N+]([O-])c1cc(C(F)(F)F)ccc1NCC1CCN(CC(F)(F)F)C1. The van der Waals surface area contributed by atoms with Crippen molar-refractivity contribution in [2.24, 2.45) is 5.92 Å². The van der Waals surface area contributed by atoms with E-state index in [1.54, 1.807) is 0 Å². The van der Waals surface area contributed by atoms with Crippen LogP contribution in [0.3, 0.4) is 0 Å². The van der Waals surface area contributed by atoms with E-state index >= 15 is 0 Å². The van der Waals surface area contributed by atoms with Crippen molar-refractivity contribution in [1.29, 1.82) is 0 Å². The molecule has 0 amide bonds. The molecule has 1 N–H and O–H groups in total. The van der Waals surface area contributed by atoms with Gasteiger partial charge in [0.15, 0.2) is 0 Å². The van der Waals surface area contributed by atoms with Gasteiger partial charge in [0.2, 0.25) is 0 Å². The highest BCUT2D eigenvalue weighted by Crippen LogP contribution is 2.35. The zero-order chi connectivity index (χ0) is 18.8. The quantitative estimate of drug-likeness (QED) is 0.484. The zero-order valence-electron chi connectivity index (χ0n) is 12.8. The third-order valence-corrected chi connectivity index (χ3v) is 3.88. The number of rotatable bonds is 5. The van der Waals surface area contributed by atoms with Crippen molar-refractivity contribution in [3.05, 3.63) is 33.9 Å². The number of nitrogens with one attached hydrogen (secondary N) is 1. The zero-order valence-corrected chi connectivity index (χ0v) is 12.8. The molecule has 2 rings (SSSR count). The predicted molar refractivity (Wildman–Crippen MR) is 77.2 cm³/mol. The molecule has 0 aliphatic carbocycles. The molecule has 0 bridgehead atoms. The summed E-state index contributed by atoms with van der Waals surface area (Å²) in [4.78, 5) is 11.3. The van der Waals surface area contributed by atoms with E-state index in [9.17, 15) is 36.5 Å². The van der Waals surface area contributed by atoms with Crippen LogP contribution in [-0.4, -0.2) is 42.2 Å². The molecule has 0 spiro atoms. The number of hydrogen-bond acceptors (Lipinski definition) is 4. The first kappa shape index (κ1) is 19.3. The molecule has 1 atom stereocenters. The third kappa shape index (κ3) is 5.48. The lowest BCUT2D eigenvalue weighted by atomic mass is 10.1. The van der Waals surface area contributed by atoms with E-state index in [1.165, 1.54) is 4.90 Å². The summed E-state index contributed by atoms with van der Waals surface area (Å²) in [5.41, 5.74) is -1.95. The fourth-order valence-corrected chi connectivity index (χ4v) is 2.74. The molecule has 1 saturated heterocycles. The lowest BCUT2D eigenvalue weighted by Crippen LogP contribution is -2.33. The number of nitro benzene ring substituents is 1. The van der Waals surface area contributed by atoms with Crippen LogP contribution in [0.1, 0.15) is 12.0 Å².